The molecule has 10 nitrogen and oxygen atoms in total. The van der Waals surface area contributed by atoms with E-state index in [0.717, 1.165) is 0 Å². The number of hydrogen-bond donors (Lipinski definition) is 2. The summed E-state index contributed by atoms with van der Waals surface area (Å²) >= 11 is 0. The fourth-order valence-corrected chi connectivity index (χ4v) is 3.47. The van der Waals surface area contributed by atoms with Crippen molar-refractivity contribution in [1.29, 1.82) is 0 Å². The fraction of sp³-hybridized carbons (Fsp3) is 0.125. The number of nitrogens with one attached hydrogen (secondary N) is 2. The van der Waals surface area contributed by atoms with E-state index < -0.39 is 10.7 Å². The number of anilines is 2. The van der Waals surface area contributed by atoms with Crippen LogP contribution in [-0.2, 0) is 11.3 Å². The highest BCUT2D eigenvalue weighted by Gasteiger charge is 2.14. The van der Waals surface area contributed by atoms with Gasteiger partial charge in [0.2, 0.25) is 5.91 Å². The van der Waals surface area contributed by atoms with Gasteiger partial charge in [-0.3, -0.25) is 24.3 Å². The van der Waals surface area contributed by atoms with Crippen LogP contribution in [0.5, 0.6) is 0 Å². The number of nitro benzene ring substituents is 1. The van der Waals surface area contributed by atoms with E-state index in [2.05, 4.69) is 10.6 Å². The number of amides is 2. The average molecular weight is 460 g/mol. The van der Waals surface area contributed by atoms with Gasteiger partial charge in [0, 0.05) is 36.0 Å². The summed E-state index contributed by atoms with van der Waals surface area (Å²) in [6.07, 6.45) is 0.481. The van der Waals surface area contributed by atoms with Crippen LogP contribution in [0.15, 0.2) is 82.0 Å². The second kappa shape index (κ2) is 9.82. The molecule has 0 unspecified atom stereocenters. The summed E-state index contributed by atoms with van der Waals surface area (Å²) in [6, 6.07) is 19.5. The number of fused-ring (bicyclic) bond motifs is 1. The van der Waals surface area contributed by atoms with Crippen LogP contribution < -0.4 is 16.4 Å². The van der Waals surface area contributed by atoms with Crippen LogP contribution in [0.1, 0.15) is 23.2 Å². The second-order valence-electron chi connectivity index (χ2n) is 7.48. The summed E-state index contributed by atoms with van der Waals surface area (Å²) in [5.74, 6) is -1.16. The van der Waals surface area contributed by atoms with E-state index in [1.807, 2.05) is 6.07 Å². The van der Waals surface area contributed by atoms with Crippen molar-refractivity contribution in [2.75, 3.05) is 10.6 Å². The Kier molecular flexibility index (Phi) is 6.49. The first-order valence-corrected chi connectivity index (χ1v) is 10.4. The van der Waals surface area contributed by atoms with E-state index in [1.165, 1.54) is 22.8 Å². The molecule has 0 fully saturated rings. The molecule has 4 rings (SSSR count). The predicted octanol–water partition coefficient (Wildman–Crippen LogP) is 4.17. The molecule has 34 heavy (non-hydrogen) atoms. The maximum atomic E-state index is 12.4. The van der Waals surface area contributed by atoms with Crippen LogP contribution in [-0.4, -0.2) is 21.3 Å². The van der Waals surface area contributed by atoms with Crippen LogP contribution in [0, 0.1) is 10.1 Å². The van der Waals surface area contributed by atoms with Crippen molar-refractivity contribution < 1.29 is 18.9 Å². The molecule has 10 heteroatoms. The molecule has 3 aromatic carbocycles. The molecular weight excluding hydrogens is 440 g/mol. The van der Waals surface area contributed by atoms with Crippen LogP contribution in [0.25, 0.3) is 11.1 Å². The maximum absolute atomic E-state index is 12.4. The lowest BCUT2D eigenvalue weighted by Crippen LogP contribution is -2.17. The first-order valence-electron chi connectivity index (χ1n) is 10.4. The SMILES string of the molecule is O=C(CCCn1c(=O)oc2cc([N+](=O)[O-])ccc21)Nc1cccc(NC(=O)c2ccccc2)c1. The lowest BCUT2D eigenvalue weighted by atomic mass is 10.2. The molecular formula is C24H20N4O6. The molecule has 0 radical (unpaired) electrons. The van der Waals surface area contributed by atoms with Crippen molar-refractivity contribution in [2.45, 2.75) is 19.4 Å². The van der Waals surface area contributed by atoms with E-state index in [9.17, 15) is 24.5 Å². The molecule has 1 aromatic heterocycles. The topological polar surface area (TPSA) is 136 Å². The number of non-ortho nitro benzene ring substituents is 1. The Balaban J connectivity index is 1.34. The van der Waals surface area contributed by atoms with Crippen molar-refractivity contribution in [3.8, 4) is 0 Å². The zero-order chi connectivity index (χ0) is 24.1. The quantitative estimate of drug-likeness (QED) is 0.299. The third kappa shape index (κ3) is 5.18. The molecule has 0 saturated heterocycles. The van der Waals surface area contributed by atoms with E-state index in [-0.39, 0.29) is 36.1 Å². The van der Waals surface area contributed by atoms with Gasteiger partial charge < -0.3 is 15.1 Å². The van der Waals surface area contributed by atoms with Gasteiger partial charge in [0.05, 0.1) is 16.5 Å². The van der Waals surface area contributed by atoms with Gasteiger partial charge in [-0.15, -0.1) is 0 Å². The van der Waals surface area contributed by atoms with Gasteiger partial charge in [-0.2, -0.15) is 0 Å². The van der Waals surface area contributed by atoms with Crippen molar-refractivity contribution in [3.05, 3.63) is 99.0 Å². The van der Waals surface area contributed by atoms with Crippen molar-refractivity contribution in [1.82, 2.24) is 4.57 Å². The minimum atomic E-state index is -0.641. The molecule has 0 aliphatic heterocycles. The van der Waals surface area contributed by atoms with E-state index in [1.54, 1.807) is 48.5 Å². The zero-order valence-electron chi connectivity index (χ0n) is 17.9. The molecule has 1 heterocycles. The summed E-state index contributed by atoms with van der Waals surface area (Å²) in [7, 11) is 0. The lowest BCUT2D eigenvalue weighted by Gasteiger charge is -2.09. The monoisotopic (exact) mass is 460 g/mol. The molecule has 2 N–H and O–H groups in total. The first kappa shape index (κ1) is 22.5. The minimum Gasteiger partial charge on any atom is -0.407 e. The largest absolute Gasteiger partial charge is 0.419 e. The Bertz CT molecular complexity index is 1420. The lowest BCUT2D eigenvalue weighted by molar-refractivity contribution is -0.384. The van der Waals surface area contributed by atoms with E-state index in [4.69, 9.17) is 4.42 Å². The van der Waals surface area contributed by atoms with Crippen molar-refractivity contribution >= 4 is 40.0 Å². The highest BCUT2D eigenvalue weighted by molar-refractivity contribution is 6.04. The molecule has 0 aliphatic carbocycles. The Morgan fingerprint density at radius 1 is 0.941 bits per heavy atom. The van der Waals surface area contributed by atoms with Crippen molar-refractivity contribution in [2.24, 2.45) is 0 Å². The van der Waals surface area contributed by atoms with Crippen LogP contribution >= 0.6 is 0 Å². The van der Waals surface area contributed by atoms with Gasteiger partial charge >= 0.3 is 5.76 Å². The summed E-state index contributed by atoms with van der Waals surface area (Å²) in [6.45, 7) is 0.213. The van der Waals surface area contributed by atoms with E-state index in [0.29, 0.717) is 28.9 Å². The van der Waals surface area contributed by atoms with E-state index >= 15 is 0 Å². The number of nitrogens with zero attached hydrogens (tertiary/aromatic N) is 2. The van der Waals surface area contributed by atoms with Crippen LogP contribution in [0.2, 0.25) is 0 Å². The van der Waals surface area contributed by atoms with Gasteiger partial charge in [-0.1, -0.05) is 24.3 Å². The number of carbonyl (C=O) groups excluding carboxylic acids is 2. The van der Waals surface area contributed by atoms with Gasteiger partial charge in [0.15, 0.2) is 5.58 Å². The highest BCUT2D eigenvalue weighted by atomic mass is 16.6. The number of rotatable bonds is 8. The second-order valence-corrected chi connectivity index (χ2v) is 7.48. The molecule has 172 valence electrons. The fourth-order valence-electron chi connectivity index (χ4n) is 3.47. The number of aromatic nitrogens is 1. The number of hydrogen-bond acceptors (Lipinski definition) is 6. The normalized spacial score (nSPS) is 10.7. The van der Waals surface area contributed by atoms with Crippen molar-refractivity contribution in [3.63, 3.8) is 0 Å². The number of carbonyl (C=O) groups is 2. The molecule has 0 saturated carbocycles. The van der Waals surface area contributed by atoms with Crippen LogP contribution in [0.4, 0.5) is 17.1 Å². The Labute approximate surface area is 193 Å². The number of aryl methyl sites for hydroxylation is 1. The zero-order valence-corrected chi connectivity index (χ0v) is 17.9. The maximum Gasteiger partial charge on any atom is 0.419 e. The molecule has 0 aliphatic rings. The smallest absolute Gasteiger partial charge is 0.407 e. The summed E-state index contributed by atoms with van der Waals surface area (Å²) in [5.41, 5.74) is 1.96. The summed E-state index contributed by atoms with van der Waals surface area (Å²) in [4.78, 5) is 47.1. The molecule has 4 aromatic rings. The predicted molar refractivity (Wildman–Crippen MR) is 126 cm³/mol. The molecule has 0 atom stereocenters. The molecule has 2 amide bonds. The average Bonchev–Trinajstić information content (AvgIpc) is 3.14. The van der Waals surface area contributed by atoms with Gasteiger partial charge in [-0.05, 0) is 42.8 Å². The molecule has 0 bridgehead atoms. The third-order valence-electron chi connectivity index (χ3n) is 5.09. The minimum absolute atomic E-state index is 0.123. The summed E-state index contributed by atoms with van der Waals surface area (Å²) < 4.78 is 6.43. The van der Waals surface area contributed by atoms with Gasteiger partial charge in [0.25, 0.3) is 11.6 Å². The van der Waals surface area contributed by atoms with Gasteiger partial charge in [0.1, 0.15) is 0 Å². The summed E-state index contributed by atoms with van der Waals surface area (Å²) in [5, 5.41) is 16.4. The number of nitro groups is 1. The first-order chi connectivity index (χ1) is 16.4. The number of oxazole rings is 1. The molecule has 0 spiro atoms. The Morgan fingerprint density at radius 3 is 2.41 bits per heavy atom. The highest BCUT2D eigenvalue weighted by Crippen LogP contribution is 2.21. The Morgan fingerprint density at radius 2 is 1.68 bits per heavy atom. The number of benzene rings is 3. The van der Waals surface area contributed by atoms with Crippen LogP contribution in [0.3, 0.4) is 0 Å². The van der Waals surface area contributed by atoms with Gasteiger partial charge in [-0.25, -0.2) is 4.79 Å². The standard InChI is InChI=1S/C24H20N4O6/c29-22(10-5-13-27-20-12-11-19(28(32)33)15-21(20)34-24(27)31)25-17-8-4-9-18(14-17)26-23(30)16-6-2-1-3-7-16/h1-4,6-9,11-12,14-15H,5,10,13H2,(H,25,29)(H,26,30). The Hall–Kier alpha value is -4.73. The third-order valence-corrected chi connectivity index (χ3v) is 5.09.